The first-order valence-electron chi connectivity index (χ1n) is 11.9. The van der Waals surface area contributed by atoms with E-state index in [-0.39, 0.29) is 28.2 Å². The van der Waals surface area contributed by atoms with Gasteiger partial charge in [-0.25, -0.2) is 13.1 Å². The maximum Gasteiger partial charge on any atom is 0.260 e. The Labute approximate surface area is 217 Å². The minimum Gasteiger partial charge on any atom is -0.482 e. The maximum atomic E-state index is 12.8. The predicted octanol–water partition coefficient (Wildman–Crippen LogP) is 4.10. The van der Waals surface area contributed by atoms with E-state index in [9.17, 15) is 13.2 Å². The summed E-state index contributed by atoms with van der Waals surface area (Å²) in [5.41, 5.74) is 2.11. The second kappa shape index (κ2) is 11.9. The van der Waals surface area contributed by atoms with E-state index in [1.807, 2.05) is 48.5 Å². The van der Waals surface area contributed by atoms with Gasteiger partial charge in [-0.05, 0) is 36.2 Å². The van der Waals surface area contributed by atoms with Crippen LogP contribution in [0.4, 0.5) is 0 Å². The fraction of sp³-hybridized carbons (Fsp3) is 0.296. The Morgan fingerprint density at radius 2 is 1.61 bits per heavy atom. The van der Waals surface area contributed by atoms with Crippen molar-refractivity contribution in [2.24, 2.45) is 0 Å². The highest BCUT2D eigenvalue weighted by molar-refractivity contribution is 7.89. The molecule has 1 atom stereocenters. The van der Waals surface area contributed by atoms with Gasteiger partial charge in [-0.1, -0.05) is 72.3 Å². The first-order valence-corrected chi connectivity index (χ1v) is 13.7. The van der Waals surface area contributed by atoms with E-state index in [0.29, 0.717) is 13.1 Å². The van der Waals surface area contributed by atoms with E-state index in [1.165, 1.54) is 23.8 Å². The molecule has 36 heavy (non-hydrogen) atoms. The highest BCUT2D eigenvalue weighted by Crippen LogP contribution is 2.28. The minimum absolute atomic E-state index is 0.0310. The third-order valence-corrected chi connectivity index (χ3v) is 8.00. The summed E-state index contributed by atoms with van der Waals surface area (Å²) in [7, 11) is -3.79. The summed E-state index contributed by atoms with van der Waals surface area (Å²) >= 11 is 6.31. The number of halogens is 1. The van der Waals surface area contributed by atoms with Gasteiger partial charge in [-0.2, -0.15) is 0 Å². The maximum absolute atomic E-state index is 12.8. The fourth-order valence-electron chi connectivity index (χ4n) is 4.10. The topological polar surface area (TPSA) is 78.9 Å². The number of amides is 1. The smallest absolute Gasteiger partial charge is 0.260 e. The number of ether oxygens (including phenoxy) is 1. The lowest BCUT2D eigenvalue weighted by Crippen LogP contribution is -2.49. The van der Waals surface area contributed by atoms with Crippen molar-refractivity contribution in [3.8, 4) is 5.75 Å². The molecule has 1 unspecified atom stereocenters. The number of piperazine rings is 1. The lowest BCUT2D eigenvalue weighted by molar-refractivity contribution is -0.135. The van der Waals surface area contributed by atoms with Crippen LogP contribution in [0.3, 0.4) is 0 Å². The van der Waals surface area contributed by atoms with Crippen molar-refractivity contribution in [2.75, 3.05) is 32.8 Å². The van der Waals surface area contributed by atoms with Crippen molar-refractivity contribution < 1.29 is 17.9 Å². The van der Waals surface area contributed by atoms with Crippen LogP contribution in [0.2, 0.25) is 5.02 Å². The molecule has 1 fully saturated rings. The third kappa shape index (κ3) is 6.85. The molecule has 0 spiro atoms. The number of carbonyl (C=O) groups is 1. The molecule has 1 aliphatic heterocycles. The van der Waals surface area contributed by atoms with Gasteiger partial charge in [0.25, 0.3) is 5.91 Å². The Morgan fingerprint density at radius 3 is 2.25 bits per heavy atom. The Hall–Kier alpha value is -2.91. The van der Waals surface area contributed by atoms with Crippen LogP contribution < -0.4 is 9.46 Å². The molecule has 0 aromatic heterocycles. The van der Waals surface area contributed by atoms with E-state index >= 15 is 0 Å². The van der Waals surface area contributed by atoms with E-state index in [2.05, 4.69) is 21.8 Å². The summed E-state index contributed by atoms with van der Waals surface area (Å²) in [5, 5.41) is 0.130. The van der Waals surface area contributed by atoms with Crippen molar-refractivity contribution in [1.29, 1.82) is 0 Å². The first kappa shape index (κ1) is 26.2. The zero-order valence-electron chi connectivity index (χ0n) is 20.1. The third-order valence-electron chi connectivity index (χ3n) is 6.17. The summed E-state index contributed by atoms with van der Waals surface area (Å²) < 4.78 is 33.9. The zero-order valence-corrected chi connectivity index (χ0v) is 21.7. The molecule has 1 saturated heterocycles. The molecular formula is C27H30ClN3O4S. The molecule has 190 valence electrons. The minimum atomic E-state index is -3.79. The molecule has 3 aromatic rings. The van der Waals surface area contributed by atoms with Gasteiger partial charge in [0.2, 0.25) is 10.0 Å². The standard InChI is InChI=1S/C27H30ClN3O4S/c1-21(23-10-6-3-7-11-23)29-36(33,34)24-12-13-26(25(28)18-24)35-20-27(32)31-16-14-30(15-17-31)19-22-8-4-2-5-9-22/h2-13,18,21,29H,14-17,19-20H2,1H3. The molecule has 0 bridgehead atoms. The molecule has 0 radical (unpaired) electrons. The fourth-order valence-corrected chi connectivity index (χ4v) is 5.66. The van der Waals surface area contributed by atoms with Gasteiger partial charge >= 0.3 is 0 Å². The highest BCUT2D eigenvalue weighted by atomic mass is 35.5. The Balaban J connectivity index is 1.28. The first-order chi connectivity index (χ1) is 17.3. The van der Waals surface area contributed by atoms with Crippen LogP contribution in [-0.4, -0.2) is 56.9 Å². The monoisotopic (exact) mass is 527 g/mol. The van der Waals surface area contributed by atoms with Gasteiger partial charge in [0.1, 0.15) is 5.75 Å². The summed E-state index contributed by atoms with van der Waals surface area (Å²) in [4.78, 5) is 16.8. The van der Waals surface area contributed by atoms with Crippen LogP contribution in [0, 0.1) is 0 Å². The van der Waals surface area contributed by atoms with Gasteiger partial charge < -0.3 is 9.64 Å². The lowest BCUT2D eigenvalue weighted by Gasteiger charge is -2.34. The second-order valence-electron chi connectivity index (χ2n) is 8.78. The van der Waals surface area contributed by atoms with Crippen LogP contribution in [0.5, 0.6) is 5.75 Å². The van der Waals surface area contributed by atoms with Crippen molar-refractivity contribution in [2.45, 2.75) is 24.4 Å². The predicted molar refractivity (Wildman–Crippen MR) is 140 cm³/mol. The van der Waals surface area contributed by atoms with E-state index in [4.69, 9.17) is 16.3 Å². The van der Waals surface area contributed by atoms with Gasteiger partial charge in [-0.15, -0.1) is 0 Å². The Kier molecular flexibility index (Phi) is 8.64. The number of nitrogens with one attached hydrogen (secondary N) is 1. The second-order valence-corrected chi connectivity index (χ2v) is 10.9. The number of hydrogen-bond acceptors (Lipinski definition) is 5. The molecule has 7 nitrogen and oxygen atoms in total. The van der Waals surface area contributed by atoms with Crippen LogP contribution in [0.25, 0.3) is 0 Å². The lowest BCUT2D eigenvalue weighted by atomic mass is 10.1. The van der Waals surface area contributed by atoms with Crippen LogP contribution in [0.15, 0.2) is 83.8 Å². The number of benzene rings is 3. The molecule has 3 aromatic carbocycles. The average Bonchev–Trinajstić information content (AvgIpc) is 2.89. The van der Waals surface area contributed by atoms with Crippen LogP contribution in [0.1, 0.15) is 24.1 Å². The number of hydrogen-bond donors (Lipinski definition) is 1. The summed E-state index contributed by atoms with van der Waals surface area (Å²) in [6, 6.07) is 23.4. The van der Waals surface area contributed by atoms with Crippen LogP contribution >= 0.6 is 11.6 Å². The normalized spacial score (nSPS) is 15.4. The number of sulfonamides is 1. The molecule has 1 aliphatic rings. The van der Waals surface area contributed by atoms with Gasteiger partial charge in [0.05, 0.1) is 9.92 Å². The molecule has 1 amide bonds. The quantitative estimate of drug-likeness (QED) is 0.453. The molecule has 4 rings (SSSR count). The van der Waals surface area contributed by atoms with Crippen molar-refractivity contribution in [3.05, 3.63) is 95.0 Å². The highest BCUT2D eigenvalue weighted by Gasteiger charge is 2.23. The number of nitrogens with zero attached hydrogens (tertiary/aromatic N) is 2. The molecule has 1 heterocycles. The molecule has 1 N–H and O–H groups in total. The van der Waals surface area contributed by atoms with Crippen molar-refractivity contribution in [3.63, 3.8) is 0 Å². The number of carbonyl (C=O) groups excluding carboxylic acids is 1. The van der Waals surface area contributed by atoms with Gasteiger partial charge in [0, 0.05) is 38.8 Å². The SMILES string of the molecule is CC(NS(=O)(=O)c1ccc(OCC(=O)N2CCN(Cc3ccccc3)CC2)c(Cl)c1)c1ccccc1. The van der Waals surface area contributed by atoms with Gasteiger partial charge in [0.15, 0.2) is 6.61 Å². The van der Waals surface area contributed by atoms with E-state index < -0.39 is 16.1 Å². The largest absolute Gasteiger partial charge is 0.482 e. The summed E-state index contributed by atoms with van der Waals surface area (Å²) in [6.07, 6.45) is 0. The molecule has 0 aliphatic carbocycles. The van der Waals surface area contributed by atoms with E-state index in [1.54, 1.807) is 11.8 Å². The Morgan fingerprint density at radius 1 is 0.972 bits per heavy atom. The molecule has 0 saturated carbocycles. The van der Waals surface area contributed by atoms with Crippen LogP contribution in [-0.2, 0) is 21.4 Å². The Bertz CT molecular complexity index is 1260. The average molecular weight is 528 g/mol. The number of rotatable bonds is 9. The van der Waals surface area contributed by atoms with E-state index in [0.717, 1.165) is 25.2 Å². The zero-order chi connectivity index (χ0) is 25.5. The van der Waals surface area contributed by atoms with Crippen molar-refractivity contribution >= 4 is 27.5 Å². The summed E-state index contributed by atoms with van der Waals surface area (Å²) in [5.74, 6) is 0.142. The molecular weight excluding hydrogens is 498 g/mol. The molecule has 9 heteroatoms. The van der Waals surface area contributed by atoms with Crippen molar-refractivity contribution in [1.82, 2.24) is 14.5 Å². The summed E-state index contributed by atoms with van der Waals surface area (Å²) in [6.45, 7) is 5.33. The van der Waals surface area contributed by atoms with Gasteiger partial charge in [-0.3, -0.25) is 9.69 Å².